The minimum absolute atomic E-state index is 0.0108. The number of hydrogen-bond donors (Lipinski definition) is 1. The normalized spacial score (nSPS) is 11.3. The molecule has 0 saturated carbocycles. The van der Waals surface area contributed by atoms with Crippen molar-refractivity contribution < 1.29 is 18.7 Å². The number of carbonyl (C=O) groups is 2. The van der Waals surface area contributed by atoms with Crippen LogP contribution in [0.2, 0.25) is 0 Å². The Balaban J connectivity index is 1.77. The topological polar surface area (TPSA) is 92.1 Å². The minimum Gasteiger partial charge on any atom is -0.497 e. The van der Waals surface area contributed by atoms with E-state index >= 15 is 0 Å². The number of halogens is 1. The van der Waals surface area contributed by atoms with Gasteiger partial charge < -0.3 is 10.1 Å². The van der Waals surface area contributed by atoms with Gasteiger partial charge in [0, 0.05) is 22.7 Å². The summed E-state index contributed by atoms with van der Waals surface area (Å²) in [5, 5.41) is 13.8. The largest absolute Gasteiger partial charge is 0.497 e. The van der Waals surface area contributed by atoms with Crippen LogP contribution in [0.5, 0.6) is 5.75 Å². The Morgan fingerprint density at radius 2 is 2.00 bits per heavy atom. The Hall–Kier alpha value is -3.57. The molecule has 0 radical (unpaired) electrons. The van der Waals surface area contributed by atoms with Gasteiger partial charge in [-0.15, -0.1) is 11.3 Å². The van der Waals surface area contributed by atoms with Crippen LogP contribution in [0.3, 0.4) is 0 Å². The van der Waals surface area contributed by atoms with Gasteiger partial charge in [-0.25, -0.2) is 9.37 Å². The van der Waals surface area contributed by atoms with Crippen LogP contribution in [0.1, 0.15) is 10.5 Å². The number of hydrogen-bond acceptors (Lipinski definition) is 6. The average molecular weight is 395 g/mol. The standard InChI is InChI=1S/C20H14FN3O3S/c1-27-15-4-2-3-14(9-15)23-19(26)16(10-22)18(25)17-11-28-20(24-17)12-5-7-13(21)8-6-12/h2-9,11,16H,1H3,(H,23,26). The van der Waals surface area contributed by atoms with Crippen LogP contribution < -0.4 is 10.1 Å². The van der Waals surface area contributed by atoms with E-state index in [1.165, 1.54) is 36.0 Å². The van der Waals surface area contributed by atoms with Gasteiger partial charge in [0.05, 0.1) is 13.2 Å². The lowest BCUT2D eigenvalue weighted by Gasteiger charge is -2.09. The number of nitrogens with one attached hydrogen (secondary N) is 1. The highest BCUT2D eigenvalue weighted by atomic mass is 32.1. The number of nitriles is 1. The van der Waals surface area contributed by atoms with Crippen molar-refractivity contribution in [3.05, 3.63) is 65.4 Å². The Kier molecular flexibility index (Phi) is 5.77. The lowest BCUT2D eigenvalue weighted by molar-refractivity contribution is -0.117. The maximum atomic E-state index is 13.0. The van der Waals surface area contributed by atoms with E-state index in [9.17, 15) is 19.2 Å². The zero-order chi connectivity index (χ0) is 20.1. The number of aromatic nitrogens is 1. The number of Topliss-reactive ketones (excluding diaryl/α,β-unsaturated/α-hetero) is 1. The summed E-state index contributed by atoms with van der Waals surface area (Å²) in [6, 6.07) is 14.0. The molecule has 1 aromatic heterocycles. The lowest BCUT2D eigenvalue weighted by atomic mass is 10.0. The molecule has 1 atom stereocenters. The molecule has 3 aromatic rings. The van der Waals surface area contributed by atoms with E-state index in [-0.39, 0.29) is 11.5 Å². The summed E-state index contributed by atoms with van der Waals surface area (Å²) in [7, 11) is 1.49. The number of rotatable bonds is 6. The number of nitrogens with zero attached hydrogens (tertiary/aromatic N) is 2. The molecule has 1 N–H and O–H groups in total. The van der Waals surface area contributed by atoms with Crippen LogP contribution >= 0.6 is 11.3 Å². The summed E-state index contributed by atoms with van der Waals surface area (Å²) in [5.74, 6) is -2.85. The van der Waals surface area contributed by atoms with Crippen LogP contribution in [0.25, 0.3) is 10.6 Å². The first-order chi connectivity index (χ1) is 13.5. The van der Waals surface area contributed by atoms with E-state index in [4.69, 9.17) is 4.74 Å². The Morgan fingerprint density at radius 1 is 1.25 bits per heavy atom. The van der Waals surface area contributed by atoms with Gasteiger partial charge in [0.15, 0.2) is 5.92 Å². The molecule has 0 aliphatic heterocycles. The second-order valence-electron chi connectivity index (χ2n) is 5.69. The first-order valence-corrected chi connectivity index (χ1v) is 9.00. The predicted molar refractivity (Wildman–Crippen MR) is 103 cm³/mol. The molecule has 1 amide bonds. The number of ketones is 1. The van der Waals surface area contributed by atoms with Crippen molar-refractivity contribution in [1.82, 2.24) is 4.98 Å². The van der Waals surface area contributed by atoms with Crippen LogP contribution in [0, 0.1) is 23.1 Å². The molecule has 2 aromatic carbocycles. The van der Waals surface area contributed by atoms with Gasteiger partial charge in [0.1, 0.15) is 22.3 Å². The summed E-state index contributed by atoms with van der Waals surface area (Å²) in [6.07, 6.45) is 0. The van der Waals surface area contributed by atoms with Crippen molar-refractivity contribution in [2.24, 2.45) is 5.92 Å². The lowest BCUT2D eigenvalue weighted by Crippen LogP contribution is -2.28. The summed E-state index contributed by atoms with van der Waals surface area (Å²) < 4.78 is 18.1. The van der Waals surface area contributed by atoms with Crippen LogP contribution in [0.4, 0.5) is 10.1 Å². The smallest absolute Gasteiger partial charge is 0.249 e. The number of carbonyl (C=O) groups excluding carboxylic acids is 2. The van der Waals surface area contributed by atoms with Crippen molar-refractivity contribution in [3.63, 3.8) is 0 Å². The van der Waals surface area contributed by atoms with Gasteiger partial charge in [-0.1, -0.05) is 6.07 Å². The third kappa shape index (κ3) is 4.22. The highest BCUT2D eigenvalue weighted by Gasteiger charge is 2.29. The molecule has 0 saturated heterocycles. The molecule has 0 bridgehead atoms. The third-order valence-corrected chi connectivity index (χ3v) is 4.73. The van der Waals surface area contributed by atoms with Gasteiger partial charge in [0.2, 0.25) is 11.7 Å². The molecule has 140 valence electrons. The predicted octanol–water partition coefficient (Wildman–Crippen LogP) is 3.92. The molecule has 1 unspecified atom stereocenters. The van der Waals surface area contributed by atoms with E-state index in [0.717, 1.165) is 0 Å². The van der Waals surface area contributed by atoms with Gasteiger partial charge in [0.25, 0.3) is 0 Å². The van der Waals surface area contributed by atoms with Crippen LogP contribution in [-0.2, 0) is 4.79 Å². The molecule has 0 fully saturated rings. The minimum atomic E-state index is -1.55. The van der Waals surface area contributed by atoms with Crippen molar-refractivity contribution in [1.29, 1.82) is 5.26 Å². The van der Waals surface area contributed by atoms with Gasteiger partial charge in [-0.2, -0.15) is 5.26 Å². The fourth-order valence-corrected chi connectivity index (χ4v) is 3.23. The highest BCUT2D eigenvalue weighted by molar-refractivity contribution is 7.13. The fraction of sp³-hybridized carbons (Fsp3) is 0.100. The average Bonchev–Trinajstić information content (AvgIpc) is 3.19. The molecule has 28 heavy (non-hydrogen) atoms. The first kappa shape index (κ1) is 19.2. The molecule has 1 heterocycles. The van der Waals surface area contributed by atoms with Crippen molar-refractivity contribution in [2.45, 2.75) is 0 Å². The Morgan fingerprint density at radius 3 is 2.68 bits per heavy atom. The summed E-state index contributed by atoms with van der Waals surface area (Å²) in [4.78, 5) is 29.2. The molecule has 8 heteroatoms. The Bertz CT molecular complexity index is 1060. The van der Waals surface area contributed by atoms with Crippen molar-refractivity contribution >= 4 is 28.7 Å². The monoisotopic (exact) mass is 395 g/mol. The molecular weight excluding hydrogens is 381 g/mol. The number of thiazole rings is 1. The maximum absolute atomic E-state index is 13.0. The third-order valence-electron chi connectivity index (χ3n) is 3.84. The van der Waals surface area contributed by atoms with Gasteiger partial charge in [-0.3, -0.25) is 9.59 Å². The second-order valence-corrected chi connectivity index (χ2v) is 6.55. The van der Waals surface area contributed by atoms with E-state index in [1.54, 1.807) is 42.5 Å². The summed E-state index contributed by atoms with van der Waals surface area (Å²) >= 11 is 1.17. The number of amides is 1. The SMILES string of the molecule is COc1cccc(NC(=O)C(C#N)C(=O)c2csc(-c3ccc(F)cc3)n2)c1. The van der Waals surface area contributed by atoms with Crippen LogP contribution in [-0.4, -0.2) is 23.8 Å². The van der Waals surface area contributed by atoms with E-state index < -0.39 is 17.6 Å². The fourth-order valence-electron chi connectivity index (χ4n) is 2.41. The van der Waals surface area contributed by atoms with Gasteiger partial charge >= 0.3 is 0 Å². The first-order valence-electron chi connectivity index (χ1n) is 8.12. The summed E-state index contributed by atoms with van der Waals surface area (Å²) in [5.41, 5.74) is 1.05. The number of benzene rings is 2. The zero-order valence-corrected chi connectivity index (χ0v) is 15.5. The number of ether oxygens (including phenoxy) is 1. The Labute approximate surface area is 164 Å². The van der Waals surface area contributed by atoms with Crippen molar-refractivity contribution in [2.75, 3.05) is 12.4 Å². The van der Waals surface area contributed by atoms with Crippen molar-refractivity contribution in [3.8, 4) is 22.4 Å². The molecular formula is C20H14FN3O3S. The molecule has 0 aliphatic carbocycles. The molecule has 6 nitrogen and oxygen atoms in total. The molecule has 0 aliphatic rings. The number of methoxy groups -OCH3 is 1. The van der Waals surface area contributed by atoms with E-state index in [2.05, 4.69) is 10.3 Å². The van der Waals surface area contributed by atoms with Crippen LogP contribution in [0.15, 0.2) is 53.9 Å². The zero-order valence-electron chi connectivity index (χ0n) is 14.7. The van der Waals surface area contributed by atoms with E-state index in [1.807, 2.05) is 0 Å². The van der Waals surface area contributed by atoms with Gasteiger partial charge in [-0.05, 0) is 36.4 Å². The second kappa shape index (κ2) is 8.41. The maximum Gasteiger partial charge on any atom is 0.249 e. The summed E-state index contributed by atoms with van der Waals surface area (Å²) in [6.45, 7) is 0. The van der Waals surface area contributed by atoms with E-state index in [0.29, 0.717) is 22.0 Å². The quantitative estimate of drug-likeness (QED) is 0.504. The molecule has 0 spiro atoms. The molecule has 3 rings (SSSR count). The number of anilines is 1. The highest BCUT2D eigenvalue weighted by Crippen LogP contribution is 2.25.